The molecule has 1 amide bonds. The number of amides is 1. The van der Waals surface area contributed by atoms with Crippen LogP contribution in [0.5, 0.6) is 0 Å². The Morgan fingerprint density at radius 2 is 2.06 bits per heavy atom. The van der Waals surface area contributed by atoms with Crippen LogP contribution in [-0.4, -0.2) is 23.7 Å². The van der Waals surface area contributed by atoms with Crippen molar-refractivity contribution < 1.29 is 14.3 Å². The summed E-state index contributed by atoms with van der Waals surface area (Å²) in [4.78, 5) is 12.2. The van der Waals surface area contributed by atoms with Crippen LogP contribution in [0.15, 0.2) is 24.3 Å². The van der Waals surface area contributed by atoms with E-state index in [-0.39, 0.29) is 30.3 Å². The van der Waals surface area contributed by atoms with Crippen LogP contribution in [0, 0.1) is 11.7 Å². The summed E-state index contributed by atoms with van der Waals surface area (Å²) < 4.78 is 12.9. The highest BCUT2D eigenvalue weighted by molar-refractivity contribution is 5.84. The number of benzene rings is 1. The van der Waals surface area contributed by atoms with Crippen LogP contribution in [0.4, 0.5) is 4.39 Å². The summed E-state index contributed by atoms with van der Waals surface area (Å²) in [6, 6.07) is 5.85. The molecule has 0 aliphatic heterocycles. The summed E-state index contributed by atoms with van der Waals surface area (Å²) in [7, 11) is 0. The van der Waals surface area contributed by atoms with Gasteiger partial charge >= 0.3 is 0 Å². The van der Waals surface area contributed by atoms with Gasteiger partial charge in [0, 0.05) is 6.04 Å². The molecular formula is C14H18FNO2. The molecule has 2 rings (SSSR count). The van der Waals surface area contributed by atoms with Crippen molar-refractivity contribution in [2.45, 2.75) is 31.7 Å². The van der Waals surface area contributed by atoms with Gasteiger partial charge in [0.15, 0.2) is 0 Å². The van der Waals surface area contributed by atoms with E-state index in [9.17, 15) is 9.18 Å². The second-order valence-electron chi connectivity index (χ2n) is 4.96. The molecule has 1 aromatic carbocycles. The van der Waals surface area contributed by atoms with E-state index >= 15 is 0 Å². The minimum absolute atomic E-state index is 0.0768. The summed E-state index contributed by atoms with van der Waals surface area (Å²) in [5, 5.41) is 11.7. The maximum atomic E-state index is 12.9. The van der Waals surface area contributed by atoms with E-state index in [2.05, 4.69) is 5.32 Å². The molecule has 1 fully saturated rings. The first-order valence-corrected chi connectivity index (χ1v) is 6.28. The van der Waals surface area contributed by atoms with Crippen LogP contribution in [0.1, 0.15) is 31.2 Å². The quantitative estimate of drug-likeness (QED) is 0.838. The zero-order chi connectivity index (χ0) is 13.1. The maximum absolute atomic E-state index is 12.9. The average molecular weight is 251 g/mol. The topological polar surface area (TPSA) is 49.3 Å². The fourth-order valence-corrected chi connectivity index (χ4v) is 2.12. The van der Waals surface area contributed by atoms with Gasteiger partial charge in [0.1, 0.15) is 5.82 Å². The van der Waals surface area contributed by atoms with Gasteiger partial charge in [0.25, 0.3) is 0 Å². The van der Waals surface area contributed by atoms with E-state index in [1.807, 2.05) is 0 Å². The zero-order valence-corrected chi connectivity index (χ0v) is 10.4. The lowest BCUT2D eigenvalue weighted by atomic mass is 9.93. The molecule has 0 heterocycles. The van der Waals surface area contributed by atoms with Crippen molar-refractivity contribution in [2.24, 2.45) is 5.92 Å². The molecule has 0 radical (unpaired) electrons. The van der Waals surface area contributed by atoms with Gasteiger partial charge < -0.3 is 10.4 Å². The number of rotatable bonds is 5. The molecule has 1 aliphatic rings. The average Bonchev–Trinajstić information content (AvgIpc) is 3.16. The standard InChI is InChI=1S/C14H18FNO2/c1-9(8-17)16-14(18)13(10-2-3-10)11-4-6-12(15)7-5-11/h4-7,9-10,13,17H,2-3,8H2,1H3,(H,16,18). The summed E-state index contributed by atoms with van der Waals surface area (Å²) in [5.74, 6) is -0.246. The van der Waals surface area contributed by atoms with Crippen LogP contribution < -0.4 is 5.32 Å². The molecule has 0 saturated heterocycles. The number of carbonyl (C=O) groups excluding carboxylic acids is 1. The minimum atomic E-state index is -0.294. The normalized spacial score (nSPS) is 18.2. The number of aliphatic hydroxyl groups excluding tert-OH is 1. The number of carbonyl (C=O) groups is 1. The number of nitrogens with one attached hydrogen (secondary N) is 1. The van der Waals surface area contributed by atoms with Gasteiger partial charge in [0.2, 0.25) is 5.91 Å². The first-order chi connectivity index (χ1) is 8.61. The first kappa shape index (κ1) is 13.0. The van der Waals surface area contributed by atoms with E-state index in [4.69, 9.17) is 5.11 Å². The van der Waals surface area contributed by atoms with Crippen LogP contribution in [0.2, 0.25) is 0 Å². The molecule has 2 unspecified atom stereocenters. The van der Waals surface area contributed by atoms with Gasteiger partial charge in [0.05, 0.1) is 12.5 Å². The molecule has 1 saturated carbocycles. The molecule has 2 N–H and O–H groups in total. The molecule has 1 aromatic rings. The molecule has 2 atom stereocenters. The van der Waals surface area contributed by atoms with Gasteiger partial charge in [-0.25, -0.2) is 4.39 Å². The highest BCUT2D eigenvalue weighted by atomic mass is 19.1. The van der Waals surface area contributed by atoms with Crippen molar-refractivity contribution in [3.63, 3.8) is 0 Å². The molecule has 1 aliphatic carbocycles. The Hall–Kier alpha value is -1.42. The number of aliphatic hydroxyl groups is 1. The Labute approximate surface area is 106 Å². The Morgan fingerprint density at radius 1 is 1.44 bits per heavy atom. The van der Waals surface area contributed by atoms with E-state index in [1.165, 1.54) is 12.1 Å². The molecule has 0 spiro atoms. The van der Waals surface area contributed by atoms with Crippen molar-refractivity contribution in [2.75, 3.05) is 6.61 Å². The number of hydrogen-bond donors (Lipinski definition) is 2. The van der Waals surface area contributed by atoms with Crippen LogP contribution in [0.25, 0.3) is 0 Å². The number of halogens is 1. The van der Waals surface area contributed by atoms with Crippen molar-refractivity contribution >= 4 is 5.91 Å². The predicted octanol–water partition coefficient (Wildman–Crippen LogP) is 1.82. The number of hydrogen-bond acceptors (Lipinski definition) is 2. The molecule has 3 nitrogen and oxygen atoms in total. The SMILES string of the molecule is CC(CO)NC(=O)C(c1ccc(F)cc1)C1CC1. The Morgan fingerprint density at radius 3 is 2.56 bits per heavy atom. The highest BCUT2D eigenvalue weighted by Gasteiger charge is 2.37. The smallest absolute Gasteiger partial charge is 0.228 e. The molecule has 18 heavy (non-hydrogen) atoms. The summed E-state index contributed by atoms with van der Waals surface area (Å²) in [5.41, 5.74) is 0.849. The predicted molar refractivity (Wildman–Crippen MR) is 66.6 cm³/mol. The van der Waals surface area contributed by atoms with Crippen LogP contribution >= 0.6 is 0 Å². The maximum Gasteiger partial charge on any atom is 0.228 e. The lowest BCUT2D eigenvalue weighted by Crippen LogP contribution is -2.38. The first-order valence-electron chi connectivity index (χ1n) is 6.28. The van der Waals surface area contributed by atoms with Crippen LogP contribution in [0.3, 0.4) is 0 Å². The monoisotopic (exact) mass is 251 g/mol. The van der Waals surface area contributed by atoms with Crippen molar-refractivity contribution in [3.8, 4) is 0 Å². The Kier molecular flexibility index (Phi) is 3.97. The van der Waals surface area contributed by atoms with Gasteiger partial charge in [-0.2, -0.15) is 0 Å². The zero-order valence-electron chi connectivity index (χ0n) is 10.4. The lowest BCUT2D eigenvalue weighted by molar-refractivity contribution is -0.123. The Bertz CT molecular complexity index is 414. The second-order valence-corrected chi connectivity index (χ2v) is 4.96. The molecule has 0 bridgehead atoms. The van der Waals surface area contributed by atoms with E-state index in [1.54, 1.807) is 19.1 Å². The fourth-order valence-electron chi connectivity index (χ4n) is 2.12. The minimum Gasteiger partial charge on any atom is -0.394 e. The third kappa shape index (κ3) is 3.07. The van der Waals surface area contributed by atoms with Gasteiger partial charge in [-0.15, -0.1) is 0 Å². The van der Waals surface area contributed by atoms with E-state index in [0.29, 0.717) is 5.92 Å². The second kappa shape index (κ2) is 5.48. The van der Waals surface area contributed by atoms with E-state index in [0.717, 1.165) is 18.4 Å². The fraction of sp³-hybridized carbons (Fsp3) is 0.500. The van der Waals surface area contributed by atoms with Crippen LogP contribution in [-0.2, 0) is 4.79 Å². The Balaban J connectivity index is 2.13. The van der Waals surface area contributed by atoms with E-state index < -0.39 is 0 Å². The van der Waals surface area contributed by atoms with Crippen molar-refractivity contribution in [1.82, 2.24) is 5.32 Å². The molecule has 4 heteroatoms. The van der Waals surface area contributed by atoms with Gasteiger partial charge in [-0.1, -0.05) is 12.1 Å². The molecule has 0 aromatic heterocycles. The van der Waals surface area contributed by atoms with Crippen molar-refractivity contribution in [3.05, 3.63) is 35.6 Å². The third-order valence-corrected chi connectivity index (χ3v) is 3.27. The van der Waals surface area contributed by atoms with Gasteiger partial charge in [-0.05, 0) is 43.4 Å². The highest BCUT2D eigenvalue weighted by Crippen LogP contribution is 2.42. The van der Waals surface area contributed by atoms with Crippen molar-refractivity contribution in [1.29, 1.82) is 0 Å². The summed E-state index contributed by atoms with van der Waals surface area (Å²) in [6.45, 7) is 1.68. The summed E-state index contributed by atoms with van der Waals surface area (Å²) in [6.07, 6.45) is 2.06. The summed E-state index contributed by atoms with van der Waals surface area (Å²) >= 11 is 0. The molecular weight excluding hydrogens is 233 g/mol. The third-order valence-electron chi connectivity index (χ3n) is 3.27. The largest absolute Gasteiger partial charge is 0.394 e. The lowest BCUT2D eigenvalue weighted by Gasteiger charge is -2.19. The molecule has 98 valence electrons. The van der Waals surface area contributed by atoms with Gasteiger partial charge in [-0.3, -0.25) is 4.79 Å².